The molecule has 2 aromatic heterocycles. The van der Waals surface area contributed by atoms with Gasteiger partial charge in [0.15, 0.2) is 5.16 Å². The topological polar surface area (TPSA) is 93.3 Å². The van der Waals surface area contributed by atoms with Crippen LogP contribution in [0.1, 0.15) is 52.1 Å². The van der Waals surface area contributed by atoms with Gasteiger partial charge < -0.3 is 9.73 Å². The summed E-state index contributed by atoms with van der Waals surface area (Å²) < 4.78 is 7.50. The number of nitrogens with zero attached hydrogens (tertiary/aromatic N) is 4. The molecule has 9 heteroatoms. The summed E-state index contributed by atoms with van der Waals surface area (Å²) in [5.74, 6) is 1.39. The number of para-hydroxylation sites is 2. The number of benzene rings is 1. The first-order valence-corrected chi connectivity index (χ1v) is 11.4. The second-order valence-corrected chi connectivity index (χ2v) is 9.93. The van der Waals surface area contributed by atoms with Gasteiger partial charge in [-0.25, -0.2) is 0 Å². The SMILES string of the molecule is CC(Sc1nnc(C(C)C)n1Cc1ccco1)C(=O)N1c2ccccc2NC(=O)C1(C)C. The number of aromatic nitrogens is 3. The second-order valence-electron chi connectivity index (χ2n) is 8.62. The van der Waals surface area contributed by atoms with Crippen molar-refractivity contribution in [3.05, 3.63) is 54.2 Å². The number of amides is 2. The lowest BCUT2D eigenvalue weighted by Gasteiger charge is -2.43. The Bertz CT molecular complexity index is 1140. The maximum Gasteiger partial charge on any atom is 0.250 e. The lowest BCUT2D eigenvalue weighted by atomic mass is 9.96. The van der Waals surface area contributed by atoms with Gasteiger partial charge in [-0.3, -0.25) is 19.1 Å². The molecule has 1 aromatic carbocycles. The molecule has 1 atom stereocenters. The number of thioether (sulfide) groups is 1. The van der Waals surface area contributed by atoms with Crippen molar-refractivity contribution in [1.29, 1.82) is 0 Å². The van der Waals surface area contributed by atoms with Gasteiger partial charge in [-0.05, 0) is 45.0 Å². The van der Waals surface area contributed by atoms with E-state index in [9.17, 15) is 9.59 Å². The van der Waals surface area contributed by atoms with Crippen molar-refractivity contribution in [3.63, 3.8) is 0 Å². The normalized spacial score (nSPS) is 16.1. The van der Waals surface area contributed by atoms with Gasteiger partial charge in [0.25, 0.3) is 0 Å². The van der Waals surface area contributed by atoms with Crippen molar-refractivity contribution >= 4 is 35.0 Å². The summed E-state index contributed by atoms with van der Waals surface area (Å²) >= 11 is 1.33. The highest BCUT2D eigenvalue weighted by Crippen LogP contribution is 2.38. The molecule has 1 aliphatic heterocycles. The van der Waals surface area contributed by atoms with Gasteiger partial charge in [-0.2, -0.15) is 0 Å². The highest BCUT2D eigenvalue weighted by atomic mass is 32.2. The number of hydrogen-bond donors (Lipinski definition) is 1. The largest absolute Gasteiger partial charge is 0.467 e. The van der Waals surface area contributed by atoms with Crippen LogP contribution in [0.5, 0.6) is 0 Å². The molecule has 0 bridgehead atoms. The fourth-order valence-corrected chi connectivity index (χ4v) is 4.65. The average Bonchev–Trinajstić information content (AvgIpc) is 3.39. The molecular weight excluding hydrogens is 426 g/mol. The van der Waals surface area contributed by atoms with Gasteiger partial charge in [-0.1, -0.05) is 37.7 Å². The van der Waals surface area contributed by atoms with E-state index in [2.05, 4.69) is 29.4 Å². The number of nitrogens with one attached hydrogen (secondary N) is 1. The van der Waals surface area contributed by atoms with E-state index in [1.807, 2.05) is 41.8 Å². The molecule has 168 valence electrons. The van der Waals surface area contributed by atoms with E-state index in [4.69, 9.17) is 4.42 Å². The maximum atomic E-state index is 13.6. The first-order chi connectivity index (χ1) is 15.2. The minimum atomic E-state index is -1.02. The molecule has 0 radical (unpaired) electrons. The molecule has 1 unspecified atom stereocenters. The van der Waals surface area contributed by atoms with E-state index in [1.54, 1.807) is 31.1 Å². The summed E-state index contributed by atoms with van der Waals surface area (Å²) in [6, 6.07) is 11.1. The molecular formula is C23H27N5O3S. The molecule has 0 aliphatic carbocycles. The Kier molecular flexibility index (Phi) is 5.85. The van der Waals surface area contributed by atoms with E-state index < -0.39 is 10.8 Å². The van der Waals surface area contributed by atoms with E-state index in [-0.39, 0.29) is 17.7 Å². The fourth-order valence-electron chi connectivity index (χ4n) is 3.76. The predicted octanol–water partition coefficient (Wildman–Crippen LogP) is 4.29. The molecule has 32 heavy (non-hydrogen) atoms. The first-order valence-electron chi connectivity index (χ1n) is 10.6. The highest BCUT2D eigenvalue weighted by molar-refractivity contribution is 8.00. The van der Waals surface area contributed by atoms with Crippen LogP contribution >= 0.6 is 11.8 Å². The lowest BCUT2D eigenvalue weighted by molar-refractivity contribution is -0.126. The van der Waals surface area contributed by atoms with Crippen LogP contribution in [0, 0.1) is 0 Å². The number of furan rings is 1. The summed E-state index contributed by atoms with van der Waals surface area (Å²) in [6.45, 7) is 9.93. The molecule has 0 spiro atoms. The third-order valence-corrected chi connectivity index (χ3v) is 6.58. The molecule has 0 fully saturated rings. The van der Waals surface area contributed by atoms with E-state index >= 15 is 0 Å². The Morgan fingerprint density at radius 2 is 1.91 bits per heavy atom. The number of fused-ring (bicyclic) bond motifs is 1. The highest BCUT2D eigenvalue weighted by Gasteiger charge is 2.45. The zero-order valence-electron chi connectivity index (χ0n) is 18.8. The summed E-state index contributed by atoms with van der Waals surface area (Å²) in [5.41, 5.74) is 0.297. The Labute approximate surface area is 191 Å². The van der Waals surface area contributed by atoms with Crippen LogP contribution < -0.4 is 10.2 Å². The van der Waals surface area contributed by atoms with Crippen LogP contribution in [0.15, 0.2) is 52.2 Å². The maximum absolute atomic E-state index is 13.6. The number of hydrogen-bond acceptors (Lipinski definition) is 6. The van der Waals surface area contributed by atoms with Gasteiger partial charge >= 0.3 is 0 Å². The predicted molar refractivity (Wildman–Crippen MR) is 124 cm³/mol. The van der Waals surface area contributed by atoms with Crippen LogP contribution in [0.3, 0.4) is 0 Å². The molecule has 3 aromatic rings. The van der Waals surface area contributed by atoms with Crippen molar-refractivity contribution in [2.45, 2.75) is 63.0 Å². The second kappa shape index (κ2) is 8.46. The summed E-state index contributed by atoms with van der Waals surface area (Å²) in [4.78, 5) is 28.0. The number of rotatable bonds is 6. The van der Waals surface area contributed by atoms with Crippen molar-refractivity contribution in [2.24, 2.45) is 0 Å². The van der Waals surface area contributed by atoms with E-state index in [1.165, 1.54) is 11.8 Å². The van der Waals surface area contributed by atoms with Crippen molar-refractivity contribution in [1.82, 2.24) is 14.8 Å². The minimum absolute atomic E-state index is 0.162. The van der Waals surface area contributed by atoms with Crippen LogP contribution in [0.25, 0.3) is 0 Å². The molecule has 0 saturated carbocycles. The number of anilines is 2. The van der Waals surface area contributed by atoms with Crippen molar-refractivity contribution in [2.75, 3.05) is 10.2 Å². The summed E-state index contributed by atoms with van der Waals surface area (Å²) in [7, 11) is 0. The zero-order chi connectivity index (χ0) is 23.0. The van der Waals surface area contributed by atoms with E-state index in [0.717, 1.165) is 11.6 Å². The molecule has 3 heterocycles. The smallest absolute Gasteiger partial charge is 0.250 e. The summed E-state index contributed by atoms with van der Waals surface area (Å²) in [5, 5.41) is 11.8. The van der Waals surface area contributed by atoms with Crippen LogP contribution in [-0.4, -0.2) is 37.4 Å². The third-order valence-electron chi connectivity index (χ3n) is 5.51. The first kappa shape index (κ1) is 22.1. The number of carbonyl (C=O) groups is 2. The molecule has 8 nitrogen and oxygen atoms in total. The van der Waals surface area contributed by atoms with Gasteiger partial charge in [0, 0.05) is 5.92 Å². The fraction of sp³-hybridized carbons (Fsp3) is 0.391. The van der Waals surface area contributed by atoms with Crippen molar-refractivity contribution in [3.8, 4) is 0 Å². The van der Waals surface area contributed by atoms with Gasteiger partial charge in [0.2, 0.25) is 11.8 Å². The Hall–Kier alpha value is -3.07. The molecule has 2 amide bonds. The Morgan fingerprint density at radius 3 is 2.59 bits per heavy atom. The standard InChI is InChI=1S/C23H27N5O3S/c1-14(2)19-25-26-22(27(19)13-16-9-8-12-31-16)32-15(3)20(29)28-18-11-7-6-10-17(18)24-21(30)23(28,4)5/h6-12,14-15H,13H2,1-5H3,(H,24,30). The quantitative estimate of drug-likeness (QED) is 0.560. The molecule has 1 N–H and O–H groups in total. The number of carbonyl (C=O) groups excluding carboxylic acids is 2. The Balaban J connectivity index is 1.64. The zero-order valence-corrected chi connectivity index (χ0v) is 19.6. The van der Waals surface area contributed by atoms with Crippen LogP contribution in [-0.2, 0) is 16.1 Å². The molecule has 1 aliphatic rings. The minimum Gasteiger partial charge on any atom is -0.467 e. The third kappa shape index (κ3) is 3.92. The summed E-state index contributed by atoms with van der Waals surface area (Å²) in [6.07, 6.45) is 1.63. The van der Waals surface area contributed by atoms with Crippen LogP contribution in [0.4, 0.5) is 11.4 Å². The Morgan fingerprint density at radius 1 is 1.16 bits per heavy atom. The van der Waals surface area contributed by atoms with Gasteiger partial charge in [-0.15, -0.1) is 10.2 Å². The van der Waals surface area contributed by atoms with E-state index in [0.29, 0.717) is 23.1 Å². The van der Waals surface area contributed by atoms with Gasteiger partial charge in [0.05, 0.1) is 29.4 Å². The lowest BCUT2D eigenvalue weighted by Crippen LogP contribution is -2.60. The van der Waals surface area contributed by atoms with Crippen LogP contribution in [0.2, 0.25) is 0 Å². The monoisotopic (exact) mass is 453 g/mol. The van der Waals surface area contributed by atoms with Crippen molar-refractivity contribution < 1.29 is 14.0 Å². The van der Waals surface area contributed by atoms with Gasteiger partial charge in [0.1, 0.15) is 17.1 Å². The molecule has 0 saturated heterocycles. The average molecular weight is 454 g/mol. The molecule has 4 rings (SSSR count).